The highest BCUT2D eigenvalue weighted by Gasteiger charge is 2.31. The summed E-state index contributed by atoms with van der Waals surface area (Å²) in [6.07, 6.45) is 7.13. The Morgan fingerprint density at radius 2 is 2.19 bits per heavy atom. The lowest BCUT2D eigenvalue weighted by Gasteiger charge is -2.34. The van der Waals surface area contributed by atoms with E-state index in [2.05, 4.69) is 17.3 Å². The average molecular weight is 226 g/mol. The van der Waals surface area contributed by atoms with Gasteiger partial charge >= 0.3 is 0 Å². The number of methoxy groups -OCH3 is 1. The summed E-state index contributed by atoms with van der Waals surface area (Å²) in [5, 5.41) is 3.30. The summed E-state index contributed by atoms with van der Waals surface area (Å²) in [4.78, 5) is 2.70. The molecule has 1 heterocycles. The van der Waals surface area contributed by atoms with Crippen molar-refractivity contribution in [1.82, 2.24) is 10.2 Å². The monoisotopic (exact) mass is 226 g/mol. The summed E-state index contributed by atoms with van der Waals surface area (Å²) in [5.74, 6) is 0.868. The first kappa shape index (κ1) is 12.3. The van der Waals surface area contributed by atoms with E-state index < -0.39 is 0 Å². The highest BCUT2D eigenvalue weighted by atomic mass is 16.5. The Labute approximate surface area is 99.5 Å². The van der Waals surface area contributed by atoms with Crippen LogP contribution in [0.3, 0.4) is 0 Å². The van der Waals surface area contributed by atoms with Crippen LogP contribution in [0.15, 0.2) is 0 Å². The van der Waals surface area contributed by atoms with E-state index in [1.165, 1.54) is 51.7 Å². The zero-order valence-electron chi connectivity index (χ0n) is 10.7. The lowest BCUT2D eigenvalue weighted by molar-refractivity contribution is 0.0332. The molecule has 0 aromatic carbocycles. The quantitative estimate of drug-likeness (QED) is 0.786. The van der Waals surface area contributed by atoms with Gasteiger partial charge in [-0.15, -0.1) is 0 Å². The van der Waals surface area contributed by atoms with Gasteiger partial charge in [-0.2, -0.15) is 0 Å². The van der Waals surface area contributed by atoms with Crippen LogP contribution in [-0.4, -0.2) is 50.8 Å². The molecule has 0 bridgehead atoms. The summed E-state index contributed by atoms with van der Waals surface area (Å²) in [6.45, 7) is 3.77. The van der Waals surface area contributed by atoms with E-state index in [1.54, 1.807) is 0 Å². The molecule has 2 fully saturated rings. The summed E-state index contributed by atoms with van der Waals surface area (Å²) >= 11 is 0. The normalized spacial score (nSPS) is 36.8. The molecule has 0 spiro atoms. The largest absolute Gasteiger partial charge is 0.381 e. The molecule has 1 saturated carbocycles. The Balaban J connectivity index is 1.79. The van der Waals surface area contributed by atoms with Crippen LogP contribution in [0.2, 0.25) is 0 Å². The molecule has 1 saturated heterocycles. The van der Waals surface area contributed by atoms with Crippen molar-refractivity contribution in [3.8, 4) is 0 Å². The minimum atomic E-state index is 0.516. The highest BCUT2D eigenvalue weighted by Crippen LogP contribution is 2.28. The molecule has 3 unspecified atom stereocenters. The van der Waals surface area contributed by atoms with Crippen LogP contribution in [0.25, 0.3) is 0 Å². The van der Waals surface area contributed by atoms with E-state index in [4.69, 9.17) is 4.74 Å². The highest BCUT2D eigenvalue weighted by molar-refractivity contribution is 4.86. The third kappa shape index (κ3) is 2.96. The van der Waals surface area contributed by atoms with Crippen LogP contribution in [0.4, 0.5) is 0 Å². The third-order valence-electron chi connectivity index (χ3n) is 4.26. The second-order valence-electron chi connectivity index (χ2n) is 5.39. The average Bonchev–Trinajstić information content (AvgIpc) is 2.78. The third-order valence-corrected chi connectivity index (χ3v) is 4.26. The Bertz CT molecular complexity index is 210. The Morgan fingerprint density at radius 1 is 1.31 bits per heavy atom. The molecule has 3 heteroatoms. The summed E-state index contributed by atoms with van der Waals surface area (Å²) in [5.41, 5.74) is 0. The molecule has 3 atom stereocenters. The van der Waals surface area contributed by atoms with Gasteiger partial charge in [0.15, 0.2) is 0 Å². The van der Waals surface area contributed by atoms with Gasteiger partial charge in [-0.05, 0) is 58.2 Å². The SMILES string of the molecule is CNCC1CCN(C2CCCC(OC)C2)C1. The molecule has 0 aromatic rings. The fourth-order valence-corrected chi connectivity index (χ4v) is 3.32. The maximum Gasteiger partial charge on any atom is 0.0586 e. The number of nitrogens with one attached hydrogen (secondary N) is 1. The van der Waals surface area contributed by atoms with Crippen LogP contribution in [0, 0.1) is 5.92 Å². The summed E-state index contributed by atoms with van der Waals surface area (Å²) < 4.78 is 5.52. The first-order chi connectivity index (χ1) is 7.83. The molecular formula is C13H26N2O. The molecule has 1 aliphatic carbocycles. The molecule has 0 aromatic heterocycles. The van der Waals surface area contributed by atoms with E-state index in [9.17, 15) is 0 Å². The molecule has 3 nitrogen and oxygen atoms in total. The molecule has 0 amide bonds. The molecule has 0 radical (unpaired) electrons. The van der Waals surface area contributed by atoms with Crippen LogP contribution in [-0.2, 0) is 4.74 Å². The number of rotatable bonds is 4. The Hall–Kier alpha value is -0.120. The molecule has 16 heavy (non-hydrogen) atoms. The van der Waals surface area contributed by atoms with Crippen molar-refractivity contribution in [2.45, 2.75) is 44.2 Å². The van der Waals surface area contributed by atoms with Gasteiger partial charge in [0.1, 0.15) is 0 Å². The fraction of sp³-hybridized carbons (Fsp3) is 1.00. The lowest BCUT2D eigenvalue weighted by atomic mass is 9.92. The number of hydrogen-bond acceptors (Lipinski definition) is 3. The smallest absolute Gasteiger partial charge is 0.0586 e. The van der Waals surface area contributed by atoms with Gasteiger partial charge in [-0.3, -0.25) is 4.90 Å². The maximum absolute atomic E-state index is 5.52. The van der Waals surface area contributed by atoms with Crippen molar-refractivity contribution in [1.29, 1.82) is 0 Å². The molecule has 94 valence electrons. The first-order valence-electron chi connectivity index (χ1n) is 6.75. The standard InChI is InChI=1S/C13H26N2O/c1-14-9-11-6-7-15(10-11)12-4-3-5-13(8-12)16-2/h11-14H,3-10H2,1-2H3. The zero-order chi connectivity index (χ0) is 11.4. The van der Waals surface area contributed by atoms with Gasteiger partial charge in [0.2, 0.25) is 0 Å². The van der Waals surface area contributed by atoms with E-state index in [0.717, 1.165) is 12.0 Å². The van der Waals surface area contributed by atoms with Gasteiger partial charge in [0, 0.05) is 19.7 Å². The van der Waals surface area contributed by atoms with Crippen LogP contribution in [0.5, 0.6) is 0 Å². The minimum Gasteiger partial charge on any atom is -0.381 e. The second kappa shape index (κ2) is 5.99. The van der Waals surface area contributed by atoms with E-state index >= 15 is 0 Å². The maximum atomic E-state index is 5.52. The van der Waals surface area contributed by atoms with E-state index in [0.29, 0.717) is 6.10 Å². The summed E-state index contributed by atoms with van der Waals surface area (Å²) in [6, 6.07) is 0.792. The Kier molecular flexibility index (Phi) is 4.62. The number of hydrogen-bond donors (Lipinski definition) is 1. The number of likely N-dealkylation sites (tertiary alicyclic amines) is 1. The van der Waals surface area contributed by atoms with Crippen molar-refractivity contribution in [3.63, 3.8) is 0 Å². The van der Waals surface area contributed by atoms with Crippen LogP contribution >= 0.6 is 0 Å². The molecule has 1 aliphatic heterocycles. The van der Waals surface area contributed by atoms with E-state index in [-0.39, 0.29) is 0 Å². The number of ether oxygens (including phenoxy) is 1. The van der Waals surface area contributed by atoms with Crippen molar-refractivity contribution in [3.05, 3.63) is 0 Å². The predicted octanol–water partition coefficient (Wildman–Crippen LogP) is 1.49. The van der Waals surface area contributed by atoms with Gasteiger partial charge in [-0.1, -0.05) is 0 Å². The molecular weight excluding hydrogens is 200 g/mol. The zero-order valence-corrected chi connectivity index (χ0v) is 10.7. The van der Waals surface area contributed by atoms with Gasteiger partial charge in [0.25, 0.3) is 0 Å². The van der Waals surface area contributed by atoms with Crippen molar-refractivity contribution in [2.24, 2.45) is 5.92 Å². The van der Waals surface area contributed by atoms with Gasteiger partial charge in [-0.25, -0.2) is 0 Å². The van der Waals surface area contributed by atoms with Crippen molar-refractivity contribution >= 4 is 0 Å². The van der Waals surface area contributed by atoms with Crippen molar-refractivity contribution < 1.29 is 4.74 Å². The molecule has 1 N–H and O–H groups in total. The predicted molar refractivity (Wildman–Crippen MR) is 66.7 cm³/mol. The van der Waals surface area contributed by atoms with Gasteiger partial charge in [0.05, 0.1) is 6.10 Å². The summed E-state index contributed by atoms with van der Waals surface area (Å²) in [7, 11) is 3.92. The van der Waals surface area contributed by atoms with Crippen molar-refractivity contribution in [2.75, 3.05) is 33.8 Å². The topological polar surface area (TPSA) is 24.5 Å². The molecule has 2 aliphatic rings. The minimum absolute atomic E-state index is 0.516. The fourth-order valence-electron chi connectivity index (χ4n) is 3.32. The first-order valence-corrected chi connectivity index (χ1v) is 6.75. The van der Waals surface area contributed by atoms with E-state index in [1.807, 2.05) is 7.11 Å². The van der Waals surface area contributed by atoms with Crippen LogP contribution < -0.4 is 5.32 Å². The number of nitrogens with zero attached hydrogens (tertiary/aromatic N) is 1. The Morgan fingerprint density at radius 3 is 2.94 bits per heavy atom. The van der Waals surface area contributed by atoms with Crippen LogP contribution in [0.1, 0.15) is 32.1 Å². The van der Waals surface area contributed by atoms with Gasteiger partial charge < -0.3 is 10.1 Å². The second-order valence-corrected chi connectivity index (χ2v) is 5.39. The lowest BCUT2D eigenvalue weighted by Crippen LogP contribution is -2.39. The molecule has 2 rings (SSSR count).